The summed E-state index contributed by atoms with van der Waals surface area (Å²) in [5.74, 6) is -2.81. The maximum atomic E-state index is 13.1. The Morgan fingerprint density at radius 1 is 0.707 bits per heavy atom. The fraction of sp³-hybridized carbons (Fsp3) is 0.125. The van der Waals surface area contributed by atoms with Crippen LogP contribution in [0.25, 0.3) is 11.1 Å². The summed E-state index contributed by atoms with van der Waals surface area (Å²) in [6, 6.07) is 27.3. The van der Waals surface area contributed by atoms with Gasteiger partial charge in [0.25, 0.3) is 11.8 Å². The third-order valence-electron chi connectivity index (χ3n) is 6.31. The molecule has 0 aliphatic rings. The fourth-order valence-corrected chi connectivity index (χ4v) is 4.05. The van der Waals surface area contributed by atoms with Crippen LogP contribution in [-0.4, -0.2) is 34.8 Å². The average Bonchev–Trinajstić information content (AvgIpc) is 2.99. The average molecular weight is 554 g/mol. The minimum atomic E-state index is -1.06. The number of hydrogen-bond donors (Lipinski definition) is 4. The first-order chi connectivity index (χ1) is 19.8. The molecular weight excluding hydrogens is 525 g/mol. The number of carboxylic acids is 1. The van der Waals surface area contributed by atoms with Crippen molar-refractivity contribution in [2.45, 2.75) is 25.4 Å². The second-order valence-corrected chi connectivity index (χ2v) is 9.28. The van der Waals surface area contributed by atoms with Crippen molar-refractivity contribution in [1.29, 1.82) is 0 Å². The molecule has 3 amide bonds. The highest BCUT2D eigenvalue weighted by Crippen LogP contribution is 2.22. The van der Waals surface area contributed by atoms with Gasteiger partial charge in [0.1, 0.15) is 11.9 Å². The molecule has 0 aliphatic carbocycles. The number of benzene rings is 4. The highest BCUT2D eigenvalue weighted by atomic mass is 19.1. The van der Waals surface area contributed by atoms with Crippen LogP contribution < -0.4 is 16.0 Å². The van der Waals surface area contributed by atoms with Crippen molar-refractivity contribution in [2.24, 2.45) is 0 Å². The molecular formula is C32H28FN3O5. The Balaban J connectivity index is 1.37. The van der Waals surface area contributed by atoms with Crippen molar-refractivity contribution in [3.05, 3.63) is 126 Å². The van der Waals surface area contributed by atoms with Crippen molar-refractivity contribution in [1.82, 2.24) is 10.6 Å². The summed E-state index contributed by atoms with van der Waals surface area (Å²) in [6.45, 7) is 0.253. The van der Waals surface area contributed by atoms with E-state index in [9.17, 15) is 23.6 Å². The van der Waals surface area contributed by atoms with E-state index in [1.165, 1.54) is 24.3 Å². The number of amides is 3. The number of carbonyl (C=O) groups is 4. The zero-order chi connectivity index (χ0) is 29.2. The van der Waals surface area contributed by atoms with Gasteiger partial charge in [0.05, 0.1) is 0 Å². The molecule has 0 saturated carbocycles. The fourth-order valence-electron chi connectivity index (χ4n) is 4.05. The topological polar surface area (TPSA) is 125 Å². The molecule has 0 saturated heterocycles. The van der Waals surface area contributed by atoms with Gasteiger partial charge >= 0.3 is 5.97 Å². The third-order valence-corrected chi connectivity index (χ3v) is 6.31. The van der Waals surface area contributed by atoms with Crippen molar-refractivity contribution < 1.29 is 28.7 Å². The maximum absolute atomic E-state index is 13.1. The maximum Gasteiger partial charge on any atom is 0.303 e. The van der Waals surface area contributed by atoms with Crippen LogP contribution in [0.15, 0.2) is 103 Å². The van der Waals surface area contributed by atoms with Crippen molar-refractivity contribution >= 4 is 29.4 Å². The highest BCUT2D eigenvalue weighted by Gasteiger charge is 2.22. The van der Waals surface area contributed by atoms with Gasteiger partial charge in [0.15, 0.2) is 0 Å². The molecule has 0 aliphatic heterocycles. The van der Waals surface area contributed by atoms with Gasteiger partial charge in [0, 0.05) is 29.8 Å². The second kappa shape index (κ2) is 13.7. The summed E-state index contributed by atoms with van der Waals surface area (Å²) in [4.78, 5) is 49.1. The van der Waals surface area contributed by atoms with Crippen LogP contribution in [0.3, 0.4) is 0 Å². The lowest BCUT2D eigenvalue weighted by Crippen LogP contribution is -2.46. The number of hydrogen-bond acceptors (Lipinski definition) is 4. The Morgan fingerprint density at radius 2 is 1.27 bits per heavy atom. The molecule has 0 spiro atoms. The lowest BCUT2D eigenvalue weighted by molar-refractivity contribution is -0.137. The number of anilines is 1. The predicted molar refractivity (Wildman–Crippen MR) is 153 cm³/mol. The SMILES string of the molecule is O=C(O)CC[C@H](NC(=O)c1ccc(-c2ccc(NC(=O)c3ccc(F)cc3)cc2)cc1)C(=O)NCc1ccccc1. The van der Waals surface area contributed by atoms with Gasteiger partial charge in [-0.3, -0.25) is 19.2 Å². The molecule has 208 valence electrons. The van der Waals surface area contributed by atoms with Crippen molar-refractivity contribution in [3.8, 4) is 11.1 Å². The number of nitrogens with one attached hydrogen (secondary N) is 3. The van der Waals surface area contributed by atoms with Crippen LogP contribution in [0.1, 0.15) is 39.1 Å². The van der Waals surface area contributed by atoms with Gasteiger partial charge in [-0.25, -0.2) is 4.39 Å². The normalized spacial score (nSPS) is 11.2. The predicted octanol–water partition coefficient (Wildman–Crippen LogP) is 5.02. The molecule has 4 aromatic rings. The van der Waals surface area contributed by atoms with E-state index in [0.29, 0.717) is 16.8 Å². The summed E-state index contributed by atoms with van der Waals surface area (Å²) < 4.78 is 13.1. The van der Waals surface area contributed by atoms with Crippen LogP contribution in [0.2, 0.25) is 0 Å². The Morgan fingerprint density at radius 3 is 1.88 bits per heavy atom. The van der Waals surface area contributed by atoms with Crippen LogP contribution in [0.4, 0.5) is 10.1 Å². The Kier molecular flexibility index (Phi) is 9.56. The molecule has 9 heteroatoms. The van der Waals surface area contributed by atoms with Gasteiger partial charge in [-0.1, -0.05) is 54.6 Å². The molecule has 0 bridgehead atoms. The van der Waals surface area contributed by atoms with E-state index < -0.39 is 29.6 Å². The summed E-state index contributed by atoms with van der Waals surface area (Å²) in [5.41, 5.74) is 3.76. The standard InChI is InChI=1S/C32H28FN3O5/c33-26-14-10-25(11-15-26)30(39)35-27-16-12-23(13-17-27)22-6-8-24(9-7-22)31(40)36-28(18-19-29(37)38)32(41)34-20-21-4-2-1-3-5-21/h1-17,28H,18-20H2,(H,34,41)(H,35,39)(H,36,40)(H,37,38)/t28-/m0/s1. The van der Waals surface area contributed by atoms with Gasteiger partial charge in [-0.2, -0.15) is 0 Å². The quantitative estimate of drug-likeness (QED) is 0.208. The van der Waals surface area contributed by atoms with E-state index in [4.69, 9.17) is 5.11 Å². The minimum absolute atomic E-state index is 0.0518. The first kappa shape index (κ1) is 28.7. The zero-order valence-corrected chi connectivity index (χ0v) is 22.0. The zero-order valence-electron chi connectivity index (χ0n) is 22.0. The Bertz CT molecular complexity index is 1510. The molecule has 8 nitrogen and oxygen atoms in total. The Labute approximate surface area is 236 Å². The number of aliphatic carboxylic acids is 1. The van der Waals surface area contributed by atoms with E-state index in [0.717, 1.165) is 16.7 Å². The number of carboxylic acid groups (broad SMARTS) is 1. The van der Waals surface area contributed by atoms with E-state index in [2.05, 4.69) is 16.0 Å². The van der Waals surface area contributed by atoms with Gasteiger partial charge in [-0.05, 0) is 71.6 Å². The summed E-state index contributed by atoms with van der Waals surface area (Å²) in [7, 11) is 0. The van der Waals surface area contributed by atoms with Gasteiger partial charge in [-0.15, -0.1) is 0 Å². The Hall–Kier alpha value is -5.31. The number of halogens is 1. The monoisotopic (exact) mass is 553 g/mol. The molecule has 0 aromatic heterocycles. The molecule has 0 unspecified atom stereocenters. The lowest BCUT2D eigenvalue weighted by Gasteiger charge is -2.18. The smallest absolute Gasteiger partial charge is 0.303 e. The lowest BCUT2D eigenvalue weighted by atomic mass is 10.0. The molecule has 0 fully saturated rings. The first-order valence-corrected chi connectivity index (χ1v) is 12.9. The molecule has 41 heavy (non-hydrogen) atoms. The molecule has 0 heterocycles. The molecule has 0 radical (unpaired) electrons. The largest absolute Gasteiger partial charge is 0.481 e. The van der Waals surface area contributed by atoms with E-state index in [1.54, 1.807) is 36.4 Å². The molecule has 4 N–H and O–H groups in total. The molecule has 4 aromatic carbocycles. The van der Waals surface area contributed by atoms with Crippen LogP contribution >= 0.6 is 0 Å². The van der Waals surface area contributed by atoms with E-state index in [-0.39, 0.29) is 25.3 Å². The van der Waals surface area contributed by atoms with E-state index >= 15 is 0 Å². The van der Waals surface area contributed by atoms with Crippen LogP contribution in [-0.2, 0) is 16.1 Å². The number of rotatable bonds is 11. The van der Waals surface area contributed by atoms with Gasteiger partial charge < -0.3 is 21.1 Å². The third kappa shape index (κ3) is 8.34. The first-order valence-electron chi connectivity index (χ1n) is 12.9. The minimum Gasteiger partial charge on any atom is -0.481 e. The van der Waals surface area contributed by atoms with Gasteiger partial charge in [0.2, 0.25) is 5.91 Å². The summed E-state index contributed by atoms with van der Waals surface area (Å²) in [5, 5.41) is 17.2. The molecule has 4 rings (SSSR count). The molecule has 1 atom stereocenters. The van der Waals surface area contributed by atoms with Crippen molar-refractivity contribution in [2.75, 3.05) is 5.32 Å². The van der Waals surface area contributed by atoms with Crippen LogP contribution in [0.5, 0.6) is 0 Å². The number of carbonyl (C=O) groups excluding carboxylic acids is 3. The summed E-state index contributed by atoms with van der Waals surface area (Å²) >= 11 is 0. The summed E-state index contributed by atoms with van der Waals surface area (Å²) in [6.07, 6.45) is -0.327. The van der Waals surface area contributed by atoms with E-state index in [1.807, 2.05) is 42.5 Å². The van der Waals surface area contributed by atoms with Crippen molar-refractivity contribution in [3.63, 3.8) is 0 Å². The second-order valence-electron chi connectivity index (χ2n) is 9.28. The van der Waals surface area contributed by atoms with Crippen LogP contribution in [0, 0.1) is 5.82 Å². The highest BCUT2D eigenvalue weighted by molar-refractivity contribution is 6.04.